The molecule has 1 heterocycles. The molecule has 0 spiro atoms. The highest BCUT2D eigenvalue weighted by molar-refractivity contribution is 6.04. The molecule has 0 aromatic heterocycles. The maximum absolute atomic E-state index is 12.8. The first-order valence-electron chi connectivity index (χ1n) is 8.21. The summed E-state index contributed by atoms with van der Waals surface area (Å²) in [7, 11) is 0. The van der Waals surface area contributed by atoms with Gasteiger partial charge in [-0.1, -0.05) is 38.1 Å². The Hall–Kier alpha value is -3.02. The Morgan fingerprint density at radius 1 is 1.20 bits per heavy atom. The molecule has 6 nitrogen and oxygen atoms in total. The number of benzene rings is 2. The molecule has 0 unspecified atom stereocenters. The van der Waals surface area contributed by atoms with Crippen molar-refractivity contribution >= 4 is 23.2 Å². The topological polar surface area (TPSA) is 81.7 Å². The van der Waals surface area contributed by atoms with Crippen LogP contribution >= 0.6 is 0 Å². The number of nitrogens with one attached hydrogen (secondary N) is 2. The Kier molecular flexibility index (Phi) is 4.61. The lowest BCUT2D eigenvalue weighted by molar-refractivity contribution is -0.117. The Labute approximate surface area is 146 Å². The molecule has 2 aromatic rings. The first-order chi connectivity index (χ1) is 12.0. The summed E-state index contributed by atoms with van der Waals surface area (Å²) in [6.07, 6.45) is -0.280. The number of hydrogen-bond acceptors (Lipinski definition) is 4. The zero-order valence-electron chi connectivity index (χ0n) is 14.2. The van der Waals surface area contributed by atoms with E-state index in [1.54, 1.807) is 30.3 Å². The van der Waals surface area contributed by atoms with Crippen molar-refractivity contribution in [2.75, 3.05) is 17.2 Å². The summed E-state index contributed by atoms with van der Waals surface area (Å²) in [5.74, 6) is -0.429. The highest BCUT2D eigenvalue weighted by Gasteiger charge is 2.34. The molecule has 0 fully saturated rings. The fourth-order valence-electron chi connectivity index (χ4n) is 2.93. The molecular formula is C19H21N3O3. The maximum Gasteiger partial charge on any atom is 0.258 e. The molecule has 25 heavy (non-hydrogen) atoms. The predicted molar refractivity (Wildman–Crippen MR) is 96.5 cm³/mol. The monoisotopic (exact) mass is 339 g/mol. The minimum absolute atomic E-state index is 0.00954. The van der Waals surface area contributed by atoms with E-state index in [1.165, 1.54) is 11.0 Å². The Morgan fingerprint density at radius 3 is 2.60 bits per heavy atom. The average Bonchev–Trinajstić information content (AvgIpc) is 2.59. The molecule has 0 saturated carbocycles. The van der Waals surface area contributed by atoms with Crippen molar-refractivity contribution in [1.29, 1.82) is 0 Å². The molecule has 6 heteroatoms. The molecule has 1 atom stereocenters. The molecule has 1 aliphatic heterocycles. The fourth-order valence-corrected chi connectivity index (χ4v) is 2.93. The van der Waals surface area contributed by atoms with Crippen molar-refractivity contribution in [2.45, 2.75) is 20.0 Å². The van der Waals surface area contributed by atoms with Gasteiger partial charge < -0.3 is 20.6 Å². The summed E-state index contributed by atoms with van der Waals surface area (Å²) in [4.78, 5) is 26.8. The SMILES string of the molecule is CC(C)[C@H]1Nc2ccccc2C(=O)N1CC(=O)Nc1ccccc1O. The van der Waals surface area contributed by atoms with Crippen LogP contribution < -0.4 is 10.6 Å². The van der Waals surface area contributed by atoms with Gasteiger partial charge in [-0.05, 0) is 30.2 Å². The number of nitrogens with zero attached hydrogens (tertiary/aromatic N) is 1. The second-order valence-electron chi connectivity index (χ2n) is 6.38. The van der Waals surface area contributed by atoms with E-state index >= 15 is 0 Å². The summed E-state index contributed by atoms with van der Waals surface area (Å²) in [6, 6.07) is 13.8. The Morgan fingerprint density at radius 2 is 1.88 bits per heavy atom. The van der Waals surface area contributed by atoms with Gasteiger partial charge in [-0.15, -0.1) is 0 Å². The maximum atomic E-state index is 12.8. The van der Waals surface area contributed by atoms with Crippen LogP contribution in [0.5, 0.6) is 5.75 Å². The zero-order chi connectivity index (χ0) is 18.0. The molecule has 1 aliphatic rings. The van der Waals surface area contributed by atoms with Crippen LogP contribution in [0, 0.1) is 5.92 Å². The van der Waals surface area contributed by atoms with Gasteiger partial charge in [-0.2, -0.15) is 0 Å². The van der Waals surface area contributed by atoms with Crippen LogP contribution in [0.4, 0.5) is 11.4 Å². The van der Waals surface area contributed by atoms with Gasteiger partial charge in [0.2, 0.25) is 5.91 Å². The lowest BCUT2D eigenvalue weighted by Crippen LogP contribution is -2.53. The highest BCUT2D eigenvalue weighted by atomic mass is 16.3. The van der Waals surface area contributed by atoms with Crippen LogP contribution in [0.1, 0.15) is 24.2 Å². The number of aromatic hydroxyl groups is 1. The lowest BCUT2D eigenvalue weighted by Gasteiger charge is -2.39. The molecule has 2 amide bonds. The summed E-state index contributed by atoms with van der Waals surface area (Å²) >= 11 is 0. The van der Waals surface area contributed by atoms with Gasteiger partial charge in [0, 0.05) is 5.69 Å². The summed E-state index contributed by atoms with van der Waals surface area (Å²) < 4.78 is 0. The van der Waals surface area contributed by atoms with Crippen molar-refractivity contribution in [3.8, 4) is 5.75 Å². The highest BCUT2D eigenvalue weighted by Crippen LogP contribution is 2.28. The first-order valence-corrected chi connectivity index (χ1v) is 8.21. The normalized spacial score (nSPS) is 16.4. The second kappa shape index (κ2) is 6.84. The number of para-hydroxylation sites is 3. The van der Waals surface area contributed by atoms with E-state index < -0.39 is 0 Å². The van der Waals surface area contributed by atoms with Crippen molar-refractivity contribution in [3.63, 3.8) is 0 Å². The second-order valence-corrected chi connectivity index (χ2v) is 6.38. The largest absolute Gasteiger partial charge is 0.506 e. The molecule has 3 N–H and O–H groups in total. The third-order valence-electron chi connectivity index (χ3n) is 4.18. The standard InChI is InChI=1S/C19H21N3O3/c1-12(2)18-21-14-8-4-3-7-13(14)19(25)22(18)11-17(24)20-15-9-5-6-10-16(15)23/h3-10,12,18,21,23H,11H2,1-2H3,(H,20,24)/t18-/m0/s1. The number of carbonyl (C=O) groups excluding carboxylic acids is 2. The van der Waals surface area contributed by atoms with Crippen molar-refractivity contribution in [3.05, 3.63) is 54.1 Å². The van der Waals surface area contributed by atoms with E-state index in [0.29, 0.717) is 11.3 Å². The van der Waals surface area contributed by atoms with Crippen molar-refractivity contribution in [2.24, 2.45) is 5.92 Å². The number of rotatable bonds is 4. The molecule has 0 saturated heterocycles. The minimum Gasteiger partial charge on any atom is -0.506 e. The van der Waals surface area contributed by atoms with E-state index in [2.05, 4.69) is 10.6 Å². The van der Waals surface area contributed by atoms with Crippen molar-refractivity contribution in [1.82, 2.24) is 4.90 Å². The molecule has 130 valence electrons. The minimum atomic E-state index is -0.360. The number of fused-ring (bicyclic) bond motifs is 1. The zero-order valence-corrected chi connectivity index (χ0v) is 14.2. The molecule has 0 bridgehead atoms. The summed E-state index contributed by atoms with van der Waals surface area (Å²) in [5.41, 5.74) is 1.66. The van der Waals surface area contributed by atoms with Gasteiger partial charge in [-0.25, -0.2) is 0 Å². The van der Waals surface area contributed by atoms with Crippen LogP contribution in [0.2, 0.25) is 0 Å². The predicted octanol–water partition coefficient (Wildman–Crippen LogP) is 2.88. The number of phenolic OH excluding ortho intramolecular Hbond substituents is 1. The summed E-state index contributed by atoms with van der Waals surface area (Å²) in [6.45, 7) is 3.89. The average molecular weight is 339 g/mol. The quantitative estimate of drug-likeness (QED) is 0.748. The molecule has 0 aliphatic carbocycles. The van der Waals surface area contributed by atoms with E-state index in [-0.39, 0.29) is 36.2 Å². The number of amides is 2. The van der Waals surface area contributed by atoms with E-state index in [1.807, 2.05) is 26.0 Å². The molecule has 2 aromatic carbocycles. The lowest BCUT2D eigenvalue weighted by atomic mass is 10.0. The Balaban J connectivity index is 1.81. The van der Waals surface area contributed by atoms with Gasteiger partial charge in [0.05, 0.1) is 11.3 Å². The van der Waals surface area contributed by atoms with Gasteiger partial charge in [0.25, 0.3) is 5.91 Å². The molecular weight excluding hydrogens is 318 g/mol. The third kappa shape index (κ3) is 3.42. The van der Waals surface area contributed by atoms with Crippen LogP contribution in [0.25, 0.3) is 0 Å². The van der Waals surface area contributed by atoms with Gasteiger partial charge in [0.1, 0.15) is 18.5 Å². The number of hydrogen-bond donors (Lipinski definition) is 3. The summed E-state index contributed by atoms with van der Waals surface area (Å²) in [5, 5.41) is 15.8. The fraction of sp³-hybridized carbons (Fsp3) is 0.263. The molecule has 3 rings (SSSR count). The van der Waals surface area contributed by atoms with Crippen molar-refractivity contribution < 1.29 is 14.7 Å². The van der Waals surface area contributed by atoms with Gasteiger partial charge in [0.15, 0.2) is 0 Å². The van der Waals surface area contributed by atoms with Crippen LogP contribution in [0.3, 0.4) is 0 Å². The van der Waals surface area contributed by atoms with E-state index in [0.717, 1.165) is 5.69 Å². The van der Waals surface area contributed by atoms with Crippen LogP contribution in [0.15, 0.2) is 48.5 Å². The Bertz CT molecular complexity index is 804. The number of phenols is 1. The van der Waals surface area contributed by atoms with Crippen LogP contribution in [-0.4, -0.2) is 34.5 Å². The first kappa shape index (κ1) is 16.8. The van der Waals surface area contributed by atoms with Gasteiger partial charge in [-0.3, -0.25) is 9.59 Å². The van der Waals surface area contributed by atoms with Crippen LogP contribution in [-0.2, 0) is 4.79 Å². The van der Waals surface area contributed by atoms with Gasteiger partial charge >= 0.3 is 0 Å². The van der Waals surface area contributed by atoms with E-state index in [9.17, 15) is 14.7 Å². The third-order valence-corrected chi connectivity index (χ3v) is 4.18. The number of carbonyl (C=O) groups is 2. The smallest absolute Gasteiger partial charge is 0.258 e. The van der Waals surface area contributed by atoms with E-state index in [4.69, 9.17) is 0 Å². The number of anilines is 2. The molecule has 0 radical (unpaired) electrons.